The quantitative estimate of drug-likeness (QED) is 0.118. The Morgan fingerprint density at radius 3 is 1.68 bits per heavy atom. The molecule has 0 spiro atoms. The smallest absolute Gasteiger partial charge is 0.259 e. The maximum Gasteiger partial charge on any atom is 0.259 e. The first-order valence-electron chi connectivity index (χ1n) is 22.1. The molecule has 1 aliphatic rings. The van der Waals surface area contributed by atoms with Crippen molar-refractivity contribution >= 4 is 56.1 Å². The van der Waals surface area contributed by atoms with Crippen LogP contribution in [0.15, 0.2) is 206 Å². The zero-order valence-electron chi connectivity index (χ0n) is 35.7. The van der Waals surface area contributed by atoms with Crippen LogP contribution in [0.5, 0.6) is 0 Å². The predicted molar refractivity (Wildman–Crippen MR) is 270 cm³/mol. The molecule has 3 N–H and O–H groups in total. The van der Waals surface area contributed by atoms with Crippen LogP contribution in [-0.2, 0) is 6.54 Å². The number of imidazole rings is 1. The Labute approximate surface area is 381 Å². The van der Waals surface area contributed by atoms with Gasteiger partial charge in [-0.05, 0) is 91.2 Å². The number of H-pyrrole nitrogens is 1. The number of rotatable bonds is 8. The summed E-state index contributed by atoms with van der Waals surface area (Å²) in [5.74, 6) is 0.562. The summed E-state index contributed by atoms with van der Waals surface area (Å²) < 4.78 is 0. The SMILES string of the molecule is Nc1c(-c2ccccc2)cc(-c2ccccc2)cc1N1Cc2cccc3c(-c4ccc(C=O)c5c(-c6nc7c(-c8ccccc8)cc(-c8ccccc8)cc7[nH]6)cccc45)ccc(c23)C1=O. The van der Waals surface area contributed by atoms with Gasteiger partial charge in [-0.1, -0.05) is 176 Å². The Morgan fingerprint density at radius 1 is 0.485 bits per heavy atom. The van der Waals surface area contributed by atoms with E-state index in [4.69, 9.17) is 10.7 Å². The van der Waals surface area contributed by atoms with Crippen LogP contribution in [0.2, 0.25) is 0 Å². The van der Waals surface area contributed by atoms with Gasteiger partial charge >= 0.3 is 0 Å². The highest BCUT2D eigenvalue weighted by Gasteiger charge is 2.31. The Balaban J connectivity index is 0.991. The minimum Gasteiger partial charge on any atom is -0.397 e. The average molecular weight is 849 g/mol. The number of aromatic nitrogens is 2. The van der Waals surface area contributed by atoms with E-state index >= 15 is 0 Å². The molecule has 0 bridgehead atoms. The monoisotopic (exact) mass is 848 g/mol. The van der Waals surface area contributed by atoms with Gasteiger partial charge in [0.05, 0.1) is 29.0 Å². The fourth-order valence-electron chi connectivity index (χ4n) is 9.97. The van der Waals surface area contributed by atoms with Gasteiger partial charge in [0.15, 0.2) is 6.29 Å². The van der Waals surface area contributed by atoms with E-state index in [0.29, 0.717) is 34.9 Å². The molecule has 0 radical (unpaired) electrons. The number of carbonyl (C=O) groups excluding carboxylic acids is 2. The van der Waals surface area contributed by atoms with E-state index in [1.54, 1.807) is 0 Å². The third-order valence-corrected chi connectivity index (χ3v) is 13.1. The molecule has 66 heavy (non-hydrogen) atoms. The second-order valence-corrected chi connectivity index (χ2v) is 16.9. The molecule has 12 rings (SSSR count). The van der Waals surface area contributed by atoms with E-state index < -0.39 is 0 Å². The summed E-state index contributed by atoms with van der Waals surface area (Å²) in [6.07, 6.45) is 0.924. The maximum atomic E-state index is 14.9. The second-order valence-electron chi connectivity index (χ2n) is 16.9. The molecule has 10 aromatic carbocycles. The number of nitrogen functional groups attached to an aromatic ring is 1. The van der Waals surface area contributed by atoms with Crippen LogP contribution >= 0.6 is 0 Å². The maximum absolute atomic E-state index is 14.9. The normalized spacial score (nSPS) is 12.3. The molecule has 1 aromatic heterocycles. The standard InChI is InChI=1S/C60H40N4O2/c61-57-51(39-19-9-3-10-20-39)31-44(38-17-7-2-8-18-38)34-54(57)64-35-41-23-13-24-47-46(29-30-50(55(41)47)60(64)66)45-28-27-42(36-65)56-48(45)25-14-26-49(56)59-62-53-33-43(37-15-5-1-6-16-37)32-52(58(53)63-59)40-21-11-4-12-22-40/h1-34,36H,35,61H2,(H,62,63). The largest absolute Gasteiger partial charge is 0.397 e. The number of nitrogens with one attached hydrogen (secondary N) is 1. The number of anilines is 2. The predicted octanol–water partition coefficient (Wildman–Crippen LogP) is 14.4. The molecular weight excluding hydrogens is 809 g/mol. The zero-order chi connectivity index (χ0) is 44.3. The van der Waals surface area contributed by atoms with Crippen LogP contribution in [0.4, 0.5) is 11.4 Å². The molecule has 0 saturated carbocycles. The van der Waals surface area contributed by atoms with Crippen molar-refractivity contribution in [3.8, 4) is 67.0 Å². The molecule has 312 valence electrons. The molecule has 0 saturated heterocycles. The van der Waals surface area contributed by atoms with Crippen molar-refractivity contribution in [2.75, 3.05) is 10.6 Å². The van der Waals surface area contributed by atoms with Gasteiger partial charge in [-0.15, -0.1) is 0 Å². The lowest BCUT2D eigenvalue weighted by Crippen LogP contribution is -2.34. The lowest BCUT2D eigenvalue weighted by Gasteiger charge is -2.31. The number of aldehydes is 1. The highest BCUT2D eigenvalue weighted by atomic mass is 16.2. The van der Waals surface area contributed by atoms with Gasteiger partial charge in [-0.2, -0.15) is 0 Å². The van der Waals surface area contributed by atoms with E-state index in [2.05, 4.69) is 96.0 Å². The number of nitrogens with two attached hydrogens (primary N) is 1. The number of amides is 1. The summed E-state index contributed by atoms with van der Waals surface area (Å²) >= 11 is 0. The van der Waals surface area contributed by atoms with Gasteiger partial charge < -0.3 is 15.6 Å². The van der Waals surface area contributed by atoms with E-state index in [1.165, 1.54) is 0 Å². The third kappa shape index (κ3) is 6.38. The van der Waals surface area contributed by atoms with Crippen molar-refractivity contribution in [2.45, 2.75) is 6.54 Å². The summed E-state index contributed by atoms with van der Waals surface area (Å²) in [5.41, 5.74) is 23.1. The van der Waals surface area contributed by atoms with Crippen LogP contribution in [-0.4, -0.2) is 22.2 Å². The summed E-state index contributed by atoms with van der Waals surface area (Å²) in [4.78, 5) is 38.6. The molecule has 0 atom stereocenters. The number of carbonyl (C=O) groups is 2. The van der Waals surface area contributed by atoms with E-state index in [9.17, 15) is 9.59 Å². The Morgan fingerprint density at radius 2 is 1.03 bits per heavy atom. The van der Waals surface area contributed by atoms with Gasteiger partial charge in [0.1, 0.15) is 5.82 Å². The molecule has 0 aliphatic carbocycles. The van der Waals surface area contributed by atoms with Gasteiger partial charge in [0, 0.05) is 38.6 Å². The van der Waals surface area contributed by atoms with Crippen LogP contribution in [0, 0.1) is 0 Å². The van der Waals surface area contributed by atoms with Crippen molar-refractivity contribution in [1.82, 2.24) is 9.97 Å². The van der Waals surface area contributed by atoms with Crippen molar-refractivity contribution < 1.29 is 9.59 Å². The van der Waals surface area contributed by atoms with E-state index in [1.807, 2.05) is 120 Å². The topological polar surface area (TPSA) is 92.1 Å². The van der Waals surface area contributed by atoms with Crippen LogP contribution < -0.4 is 10.6 Å². The molecule has 6 heteroatoms. The molecule has 0 unspecified atom stereocenters. The molecule has 0 fully saturated rings. The molecule has 1 aliphatic heterocycles. The molecule has 2 heterocycles. The number of nitrogens with zero attached hydrogens (tertiary/aromatic N) is 2. The lowest BCUT2D eigenvalue weighted by molar-refractivity contribution is 0.0984. The van der Waals surface area contributed by atoms with E-state index in [-0.39, 0.29) is 5.91 Å². The van der Waals surface area contributed by atoms with E-state index in [0.717, 1.165) is 106 Å². The van der Waals surface area contributed by atoms with Crippen LogP contribution in [0.1, 0.15) is 26.3 Å². The highest BCUT2D eigenvalue weighted by molar-refractivity contribution is 6.22. The van der Waals surface area contributed by atoms with Gasteiger partial charge in [0.25, 0.3) is 5.91 Å². The third-order valence-electron chi connectivity index (χ3n) is 13.1. The summed E-state index contributed by atoms with van der Waals surface area (Å²) in [6, 6.07) is 69.8. The van der Waals surface area contributed by atoms with Crippen LogP contribution in [0.25, 0.3) is 99.6 Å². The minimum atomic E-state index is -0.111. The Kier molecular flexibility index (Phi) is 9.24. The number of hydrogen-bond acceptors (Lipinski definition) is 4. The fourth-order valence-corrected chi connectivity index (χ4v) is 9.97. The van der Waals surface area contributed by atoms with Crippen molar-refractivity contribution in [2.24, 2.45) is 0 Å². The number of benzene rings is 10. The average Bonchev–Trinajstić information content (AvgIpc) is 3.82. The Hall–Kier alpha value is -8.87. The number of hydrogen-bond donors (Lipinski definition) is 2. The Bertz CT molecular complexity index is 3710. The molecule has 6 nitrogen and oxygen atoms in total. The first-order valence-corrected chi connectivity index (χ1v) is 22.1. The minimum absolute atomic E-state index is 0.111. The fraction of sp³-hybridized carbons (Fsp3) is 0.0167. The first-order chi connectivity index (χ1) is 32.5. The zero-order valence-corrected chi connectivity index (χ0v) is 35.7. The summed E-state index contributed by atoms with van der Waals surface area (Å²) in [6.45, 7) is 0.348. The number of aromatic amines is 1. The molecule has 1 amide bonds. The highest BCUT2D eigenvalue weighted by Crippen LogP contribution is 2.45. The van der Waals surface area contributed by atoms with Gasteiger partial charge in [-0.3, -0.25) is 9.59 Å². The summed E-state index contributed by atoms with van der Waals surface area (Å²) in [7, 11) is 0. The summed E-state index contributed by atoms with van der Waals surface area (Å²) in [5, 5.41) is 3.60. The van der Waals surface area contributed by atoms with Crippen LogP contribution in [0.3, 0.4) is 0 Å². The second kappa shape index (κ2) is 15.7. The molecular formula is C60H40N4O2. The van der Waals surface area contributed by atoms with Gasteiger partial charge in [-0.25, -0.2) is 4.98 Å². The van der Waals surface area contributed by atoms with Gasteiger partial charge in [0.2, 0.25) is 0 Å². The first kappa shape index (κ1) is 38.8. The lowest BCUT2D eigenvalue weighted by atomic mass is 9.86. The number of fused-ring (bicyclic) bond motifs is 2. The molecule has 11 aromatic rings. The van der Waals surface area contributed by atoms with Crippen molar-refractivity contribution in [3.05, 3.63) is 223 Å². The van der Waals surface area contributed by atoms with Crippen molar-refractivity contribution in [1.29, 1.82) is 0 Å². The van der Waals surface area contributed by atoms with Crippen molar-refractivity contribution in [3.63, 3.8) is 0 Å².